The number of hydrogen-bond acceptors (Lipinski definition) is 6. The minimum Gasteiger partial charge on any atom is -0.334 e. The molecule has 4 aliphatic heterocycles. The number of thiophene rings is 2. The molecule has 0 amide bonds. The van der Waals surface area contributed by atoms with E-state index < -0.39 is 0 Å². The first-order valence-corrected chi connectivity index (χ1v) is 33.7. The van der Waals surface area contributed by atoms with E-state index >= 15 is 0 Å². The van der Waals surface area contributed by atoms with Crippen LogP contribution in [0.2, 0.25) is 0 Å². The van der Waals surface area contributed by atoms with Crippen LogP contribution in [0.1, 0.15) is 148 Å². The third-order valence-electron chi connectivity index (χ3n) is 22.9. The van der Waals surface area contributed by atoms with Crippen LogP contribution in [0.3, 0.4) is 0 Å². The largest absolute Gasteiger partial charge is 0.334 e. The molecule has 2 saturated carbocycles. The van der Waals surface area contributed by atoms with Gasteiger partial charge in [-0.05, 0) is 186 Å². The Morgan fingerprint density at radius 1 is 0.395 bits per heavy atom. The zero-order valence-electron chi connectivity index (χ0n) is 52.0. The van der Waals surface area contributed by atoms with E-state index in [4.69, 9.17) is 0 Å². The zero-order chi connectivity index (χ0) is 58.8. The van der Waals surface area contributed by atoms with Crippen molar-refractivity contribution in [3.8, 4) is 0 Å². The van der Waals surface area contributed by atoms with Gasteiger partial charge in [-0.2, -0.15) is 0 Å². The Hall–Kier alpha value is -7.32. The van der Waals surface area contributed by atoms with E-state index in [1.54, 1.807) is 0 Å². The van der Waals surface area contributed by atoms with Crippen LogP contribution in [0.15, 0.2) is 170 Å². The van der Waals surface area contributed by atoms with Crippen LogP contribution in [-0.2, 0) is 21.7 Å². The lowest BCUT2D eigenvalue weighted by atomic mass is 9.33. The van der Waals surface area contributed by atoms with Gasteiger partial charge in [-0.25, -0.2) is 0 Å². The molecule has 2 fully saturated rings. The van der Waals surface area contributed by atoms with Crippen molar-refractivity contribution in [2.75, 3.05) is 19.6 Å². The molecule has 6 aliphatic rings. The van der Waals surface area contributed by atoms with Gasteiger partial charge >= 0.3 is 0 Å². The highest BCUT2D eigenvalue weighted by molar-refractivity contribution is 7.26. The van der Waals surface area contributed by atoms with Crippen molar-refractivity contribution >= 4 is 143 Å². The molecule has 0 N–H and O–H groups in total. The van der Waals surface area contributed by atoms with E-state index in [0.29, 0.717) is 0 Å². The summed E-state index contributed by atoms with van der Waals surface area (Å²) in [4.78, 5) is 11.1. The lowest BCUT2D eigenvalue weighted by Crippen LogP contribution is -2.61. The molecule has 11 aromatic rings. The predicted molar refractivity (Wildman–Crippen MR) is 374 cm³/mol. The molecule has 0 saturated heterocycles. The van der Waals surface area contributed by atoms with Crippen molar-refractivity contribution in [3.05, 3.63) is 198 Å². The molecule has 4 atom stereocenters. The first kappa shape index (κ1) is 53.0. The molecule has 0 spiro atoms. The van der Waals surface area contributed by atoms with Crippen molar-refractivity contribution in [1.82, 2.24) is 0 Å². The van der Waals surface area contributed by atoms with Gasteiger partial charge in [-0.15, -0.1) is 22.7 Å². The van der Waals surface area contributed by atoms with Crippen LogP contribution in [0.4, 0.5) is 56.9 Å². The Kier molecular flexibility index (Phi) is 11.0. The van der Waals surface area contributed by atoms with Crippen LogP contribution in [-0.4, -0.2) is 17.8 Å². The summed E-state index contributed by atoms with van der Waals surface area (Å²) in [5.74, 6) is 0. The maximum atomic E-state index is 2.82. The smallest absolute Gasteiger partial charge is 0.252 e. The molecule has 2 aromatic heterocycles. The van der Waals surface area contributed by atoms with E-state index in [1.165, 1.54) is 180 Å². The van der Waals surface area contributed by atoms with Crippen molar-refractivity contribution in [2.45, 2.75) is 160 Å². The normalized spacial score (nSPS) is 23.0. The fourth-order valence-corrected chi connectivity index (χ4v) is 20.2. The molecule has 86 heavy (non-hydrogen) atoms. The Balaban J connectivity index is 0.956. The second-order valence-electron chi connectivity index (χ2n) is 29.6. The Bertz CT molecular complexity index is 4430. The van der Waals surface area contributed by atoms with Gasteiger partial charge in [0.2, 0.25) is 0 Å². The van der Waals surface area contributed by atoms with Gasteiger partial charge in [0.1, 0.15) is 0 Å². The minimum absolute atomic E-state index is 0.00574. The molecular formula is C79H77BN4S2. The van der Waals surface area contributed by atoms with E-state index in [0.717, 1.165) is 12.8 Å². The number of fused-ring (bicyclic) bond motifs is 16. The number of hydrogen-bond donors (Lipinski definition) is 0. The fourth-order valence-electron chi connectivity index (χ4n) is 18.0. The molecule has 7 heteroatoms. The average Bonchev–Trinajstić information content (AvgIpc) is 1.27. The fraction of sp³-hybridized carbons (Fsp3) is 0.316. The number of nitrogens with zero attached hydrogens (tertiary/aromatic N) is 4. The molecule has 17 rings (SSSR count). The van der Waals surface area contributed by atoms with Gasteiger partial charge in [0, 0.05) is 96.7 Å². The van der Waals surface area contributed by atoms with E-state index in [-0.39, 0.29) is 39.5 Å². The van der Waals surface area contributed by atoms with Gasteiger partial charge in [0.05, 0.1) is 22.5 Å². The van der Waals surface area contributed by atoms with Gasteiger partial charge in [-0.3, -0.25) is 0 Å². The summed E-state index contributed by atoms with van der Waals surface area (Å²) in [6.45, 7) is 26.9. The highest BCUT2D eigenvalue weighted by Crippen LogP contribution is 2.64. The Morgan fingerprint density at radius 3 is 1.26 bits per heavy atom. The van der Waals surface area contributed by atoms with Crippen LogP contribution in [0.5, 0.6) is 0 Å². The summed E-state index contributed by atoms with van der Waals surface area (Å²) in [7, 11) is 0. The second kappa shape index (κ2) is 17.9. The van der Waals surface area contributed by atoms with E-state index in [9.17, 15) is 0 Å². The van der Waals surface area contributed by atoms with Crippen molar-refractivity contribution in [2.24, 2.45) is 0 Å². The van der Waals surface area contributed by atoms with E-state index in [2.05, 4.69) is 266 Å². The summed E-state index contributed by atoms with van der Waals surface area (Å²) < 4.78 is 5.27. The Labute approximate surface area is 517 Å². The van der Waals surface area contributed by atoms with E-state index in [1.807, 2.05) is 22.7 Å². The maximum absolute atomic E-state index is 2.82. The number of rotatable bonds is 4. The molecule has 6 heterocycles. The lowest BCUT2D eigenvalue weighted by molar-refractivity contribution is 0.195. The van der Waals surface area contributed by atoms with Gasteiger partial charge in [0.25, 0.3) is 6.71 Å². The van der Waals surface area contributed by atoms with Crippen LogP contribution in [0.25, 0.3) is 40.3 Å². The molecule has 0 bridgehead atoms. The Morgan fingerprint density at radius 2 is 0.814 bits per heavy atom. The third-order valence-corrected chi connectivity index (χ3v) is 25.2. The summed E-state index contributed by atoms with van der Waals surface area (Å²) >= 11 is 3.83. The maximum Gasteiger partial charge on any atom is 0.252 e. The topological polar surface area (TPSA) is 13.0 Å². The van der Waals surface area contributed by atoms with Crippen LogP contribution < -0.4 is 36.0 Å². The number of anilines is 10. The summed E-state index contributed by atoms with van der Waals surface area (Å²) in [5, 5.41) is 5.27. The monoisotopic (exact) mass is 1160 g/mol. The molecular weight excluding hydrogens is 1080 g/mol. The standard InChI is InChI=1S/C79H77BN4S2/c1-48-42-65-73-66(43-48)82(62-25-21-29-70-72(62)54-23-13-15-27-68(54)86-70)64-47-52(84-60-37-31-50(75(5,6)7)45-56(60)77(9)39-17-19-41-79(77,84)11)33-35-58(64)80(73)57-34-32-51(46-63(57)81(65)61-24-20-28-69-71(61)53-22-12-14-26-67(53)85-69)83-59-36-30-49(74(2,3)4)44-55(59)76(8)38-16-18-40-78(76,83)10/h12-15,20-37,42-47H,16-19,38-41H2,1-11H3. The summed E-state index contributed by atoms with van der Waals surface area (Å²) in [6.07, 6.45) is 9.64. The predicted octanol–water partition coefficient (Wildman–Crippen LogP) is 20.9. The minimum atomic E-state index is -0.113. The molecule has 4 unspecified atom stereocenters. The third kappa shape index (κ3) is 6.99. The van der Waals surface area contributed by atoms with Crippen molar-refractivity contribution in [1.29, 1.82) is 0 Å². The van der Waals surface area contributed by atoms with Gasteiger partial charge < -0.3 is 19.6 Å². The first-order valence-electron chi connectivity index (χ1n) is 32.0. The molecule has 2 aliphatic carbocycles. The first-order chi connectivity index (χ1) is 41.3. The van der Waals surface area contributed by atoms with Crippen molar-refractivity contribution in [3.63, 3.8) is 0 Å². The van der Waals surface area contributed by atoms with Crippen molar-refractivity contribution < 1.29 is 0 Å². The summed E-state index contributed by atoms with van der Waals surface area (Å²) in [5.41, 5.74) is 23.9. The molecule has 4 nitrogen and oxygen atoms in total. The molecule has 0 radical (unpaired) electrons. The molecule has 9 aromatic carbocycles. The zero-order valence-corrected chi connectivity index (χ0v) is 53.6. The van der Waals surface area contributed by atoms with Gasteiger partial charge in [0.15, 0.2) is 0 Å². The highest BCUT2D eigenvalue weighted by Gasteiger charge is 2.60. The highest BCUT2D eigenvalue weighted by atomic mass is 32.1. The van der Waals surface area contributed by atoms with Gasteiger partial charge in [-0.1, -0.05) is 166 Å². The van der Waals surface area contributed by atoms with Crippen LogP contribution in [0, 0.1) is 6.92 Å². The molecule has 428 valence electrons. The SMILES string of the molecule is Cc1cc2c3c(c1)N(c1cccc4sc5ccccc5c14)c1cc(N4c5ccc(C(C)(C)C)cc5C5(C)CCCCC45C)ccc1B3c1ccc(N3c4ccc(C(C)(C)C)cc4C4(C)CCCCC34C)cc1N2c1cccc2sc3ccccc3c12. The number of aryl methyl sites for hydroxylation is 1. The number of benzene rings is 9. The lowest BCUT2D eigenvalue weighted by Gasteiger charge is -2.51. The average molecular weight is 1160 g/mol. The quantitative estimate of drug-likeness (QED) is 0.163. The van der Waals surface area contributed by atoms with Crippen LogP contribution >= 0.6 is 22.7 Å². The second-order valence-corrected chi connectivity index (χ2v) is 31.7. The summed E-state index contributed by atoms with van der Waals surface area (Å²) in [6, 6.07) is 67.9.